The van der Waals surface area contributed by atoms with Gasteiger partial charge in [-0.3, -0.25) is 4.98 Å². The van der Waals surface area contributed by atoms with Crippen molar-refractivity contribution in [2.75, 3.05) is 0 Å². The van der Waals surface area contributed by atoms with Gasteiger partial charge in [-0.2, -0.15) is 0 Å². The Bertz CT molecular complexity index is 641. The van der Waals surface area contributed by atoms with Crippen molar-refractivity contribution in [3.63, 3.8) is 0 Å². The van der Waals surface area contributed by atoms with E-state index >= 15 is 0 Å². The van der Waals surface area contributed by atoms with E-state index < -0.39 is 0 Å². The molecule has 0 unspecified atom stereocenters. The van der Waals surface area contributed by atoms with Crippen molar-refractivity contribution in [2.45, 2.75) is 51.6 Å². The second kappa shape index (κ2) is 5.46. The summed E-state index contributed by atoms with van der Waals surface area (Å²) in [7, 11) is 0. The predicted octanol–water partition coefficient (Wildman–Crippen LogP) is 3.89. The van der Waals surface area contributed by atoms with Crippen LogP contribution in [0.4, 0.5) is 4.39 Å². The van der Waals surface area contributed by atoms with Crippen LogP contribution < -0.4 is 5.32 Å². The fraction of sp³-hybridized carbons (Fsp3) is 0.500. The van der Waals surface area contributed by atoms with Gasteiger partial charge in [0, 0.05) is 29.1 Å². The maximum Gasteiger partial charge on any atom is 0.151 e. The van der Waals surface area contributed by atoms with Crippen LogP contribution >= 0.6 is 11.3 Å². The Hall–Kier alpha value is -1.33. The summed E-state index contributed by atoms with van der Waals surface area (Å²) in [5.74, 6) is -0.312. The molecule has 0 aliphatic heterocycles. The summed E-state index contributed by atoms with van der Waals surface area (Å²) < 4.78 is 13.9. The van der Waals surface area contributed by atoms with Crippen molar-refractivity contribution >= 4 is 11.3 Å². The Balaban J connectivity index is 1.96. The lowest BCUT2D eigenvalue weighted by Gasteiger charge is -2.17. The van der Waals surface area contributed by atoms with E-state index in [1.54, 1.807) is 23.6 Å². The van der Waals surface area contributed by atoms with Gasteiger partial charge in [0.2, 0.25) is 0 Å². The SMILES string of the molecule is CC(C)(C)c1nc(-c2ncccc2F)sc1CNC1CC1. The zero-order chi connectivity index (χ0) is 15.0. The lowest BCUT2D eigenvalue weighted by Crippen LogP contribution is -2.19. The van der Waals surface area contributed by atoms with Crippen LogP contribution in [-0.2, 0) is 12.0 Å². The molecule has 0 amide bonds. The topological polar surface area (TPSA) is 37.8 Å². The molecule has 1 saturated carbocycles. The first-order valence-electron chi connectivity index (χ1n) is 7.29. The molecule has 0 atom stereocenters. The van der Waals surface area contributed by atoms with Gasteiger partial charge in [0.15, 0.2) is 5.82 Å². The summed E-state index contributed by atoms with van der Waals surface area (Å²) in [6.45, 7) is 7.23. The van der Waals surface area contributed by atoms with Crippen LogP contribution in [0.25, 0.3) is 10.7 Å². The normalized spacial score (nSPS) is 15.4. The van der Waals surface area contributed by atoms with E-state index in [-0.39, 0.29) is 11.2 Å². The highest BCUT2D eigenvalue weighted by atomic mass is 32.1. The monoisotopic (exact) mass is 305 g/mol. The molecule has 5 heteroatoms. The van der Waals surface area contributed by atoms with Crippen LogP contribution in [0.1, 0.15) is 44.2 Å². The van der Waals surface area contributed by atoms with Crippen LogP contribution in [0.2, 0.25) is 0 Å². The molecule has 0 spiro atoms. The van der Waals surface area contributed by atoms with E-state index in [4.69, 9.17) is 0 Å². The quantitative estimate of drug-likeness (QED) is 0.931. The molecule has 1 fully saturated rings. The fourth-order valence-corrected chi connectivity index (χ4v) is 3.45. The Labute approximate surface area is 128 Å². The lowest BCUT2D eigenvalue weighted by atomic mass is 9.91. The fourth-order valence-electron chi connectivity index (χ4n) is 2.23. The molecule has 2 aromatic heterocycles. The van der Waals surface area contributed by atoms with Gasteiger partial charge in [-0.15, -0.1) is 11.3 Å². The molecule has 0 saturated heterocycles. The first kappa shape index (κ1) is 14.6. The number of nitrogens with one attached hydrogen (secondary N) is 1. The molecule has 1 aliphatic carbocycles. The Kier molecular flexibility index (Phi) is 3.80. The maximum atomic E-state index is 13.9. The van der Waals surface area contributed by atoms with Crippen molar-refractivity contribution in [3.05, 3.63) is 34.7 Å². The highest BCUT2D eigenvalue weighted by Crippen LogP contribution is 2.35. The maximum absolute atomic E-state index is 13.9. The molecule has 3 rings (SSSR count). The first-order chi connectivity index (χ1) is 9.95. The molecule has 3 nitrogen and oxygen atoms in total. The van der Waals surface area contributed by atoms with E-state index in [2.05, 4.69) is 36.1 Å². The standard InChI is InChI=1S/C16H20FN3S/c1-16(2,3)14-12(9-19-10-6-7-10)21-15(20-14)13-11(17)5-4-8-18-13/h4-5,8,10,19H,6-7,9H2,1-3H3. The summed E-state index contributed by atoms with van der Waals surface area (Å²) in [5.41, 5.74) is 1.34. The van der Waals surface area contributed by atoms with Crippen molar-refractivity contribution in [2.24, 2.45) is 0 Å². The van der Waals surface area contributed by atoms with Gasteiger partial charge in [-0.25, -0.2) is 9.37 Å². The summed E-state index contributed by atoms with van der Waals surface area (Å²) in [5, 5.41) is 4.19. The molecule has 0 bridgehead atoms. The largest absolute Gasteiger partial charge is 0.309 e. The molecule has 1 aliphatic rings. The van der Waals surface area contributed by atoms with Crippen molar-refractivity contribution in [3.8, 4) is 10.7 Å². The van der Waals surface area contributed by atoms with Crippen LogP contribution in [0, 0.1) is 5.82 Å². The van der Waals surface area contributed by atoms with Crippen LogP contribution in [0.5, 0.6) is 0 Å². The zero-order valence-corrected chi connectivity index (χ0v) is 13.4. The third kappa shape index (κ3) is 3.30. The van der Waals surface area contributed by atoms with Gasteiger partial charge in [0.25, 0.3) is 0 Å². The molecule has 21 heavy (non-hydrogen) atoms. The minimum absolute atomic E-state index is 0.0550. The van der Waals surface area contributed by atoms with Gasteiger partial charge in [0.05, 0.1) is 5.69 Å². The third-order valence-corrected chi connectivity index (χ3v) is 4.56. The van der Waals surface area contributed by atoms with Crippen LogP contribution in [-0.4, -0.2) is 16.0 Å². The molecule has 0 aromatic carbocycles. The lowest BCUT2D eigenvalue weighted by molar-refractivity contribution is 0.559. The minimum atomic E-state index is -0.312. The van der Waals surface area contributed by atoms with Gasteiger partial charge in [-0.1, -0.05) is 20.8 Å². The average molecular weight is 305 g/mol. The predicted molar refractivity (Wildman–Crippen MR) is 83.9 cm³/mol. The summed E-state index contributed by atoms with van der Waals surface area (Å²) in [4.78, 5) is 10.0. The number of halogens is 1. The van der Waals surface area contributed by atoms with E-state index in [1.165, 1.54) is 23.8 Å². The van der Waals surface area contributed by atoms with Gasteiger partial charge >= 0.3 is 0 Å². The third-order valence-electron chi connectivity index (χ3n) is 3.50. The molecule has 1 N–H and O–H groups in total. The molecule has 2 heterocycles. The average Bonchev–Trinajstić information content (AvgIpc) is 3.14. The van der Waals surface area contributed by atoms with E-state index in [9.17, 15) is 4.39 Å². The van der Waals surface area contributed by atoms with Gasteiger partial charge in [-0.05, 0) is 25.0 Å². The summed E-state index contributed by atoms with van der Waals surface area (Å²) in [6.07, 6.45) is 4.12. The highest BCUT2D eigenvalue weighted by molar-refractivity contribution is 7.15. The second-order valence-corrected chi connectivity index (χ2v) is 7.61. The van der Waals surface area contributed by atoms with E-state index in [0.717, 1.165) is 12.2 Å². The Morgan fingerprint density at radius 2 is 2.14 bits per heavy atom. The number of aromatic nitrogens is 2. The highest BCUT2D eigenvalue weighted by Gasteiger charge is 2.27. The minimum Gasteiger partial charge on any atom is -0.309 e. The van der Waals surface area contributed by atoms with Crippen LogP contribution in [0.3, 0.4) is 0 Å². The van der Waals surface area contributed by atoms with E-state index in [1.807, 2.05) is 0 Å². The smallest absolute Gasteiger partial charge is 0.151 e. The number of thiazole rings is 1. The van der Waals surface area contributed by atoms with Crippen molar-refractivity contribution < 1.29 is 4.39 Å². The van der Waals surface area contributed by atoms with Crippen LogP contribution in [0.15, 0.2) is 18.3 Å². The molecular weight excluding hydrogens is 285 g/mol. The molecule has 112 valence electrons. The van der Waals surface area contributed by atoms with Gasteiger partial charge < -0.3 is 5.32 Å². The summed E-state index contributed by atoms with van der Waals surface area (Å²) >= 11 is 1.55. The second-order valence-electron chi connectivity index (χ2n) is 6.53. The Morgan fingerprint density at radius 1 is 1.38 bits per heavy atom. The van der Waals surface area contributed by atoms with Crippen molar-refractivity contribution in [1.82, 2.24) is 15.3 Å². The Morgan fingerprint density at radius 3 is 2.76 bits per heavy atom. The molecular formula is C16H20FN3S. The first-order valence-corrected chi connectivity index (χ1v) is 8.11. The summed E-state index contributed by atoms with van der Waals surface area (Å²) in [6, 6.07) is 3.69. The zero-order valence-electron chi connectivity index (χ0n) is 12.6. The number of hydrogen-bond acceptors (Lipinski definition) is 4. The number of nitrogens with zero attached hydrogens (tertiary/aromatic N) is 2. The number of rotatable bonds is 4. The van der Waals surface area contributed by atoms with E-state index in [0.29, 0.717) is 16.7 Å². The van der Waals surface area contributed by atoms with Crippen molar-refractivity contribution in [1.29, 1.82) is 0 Å². The molecule has 2 aromatic rings. The number of pyridine rings is 1. The molecule has 0 radical (unpaired) electrons. The number of hydrogen-bond donors (Lipinski definition) is 1. The van der Waals surface area contributed by atoms with Gasteiger partial charge in [0.1, 0.15) is 10.7 Å².